The van der Waals surface area contributed by atoms with E-state index in [4.69, 9.17) is 22.7 Å². The van der Waals surface area contributed by atoms with Crippen LogP contribution in [0.5, 0.6) is 0 Å². The molecule has 0 atom stereocenters. The molecule has 0 saturated carbocycles. The smallest absolute Gasteiger partial charge is 0.158 e. The Hall–Kier alpha value is -2.11. The first-order chi connectivity index (χ1) is 9.66. The van der Waals surface area contributed by atoms with Crippen LogP contribution in [0.25, 0.3) is 11.0 Å². The van der Waals surface area contributed by atoms with Crippen molar-refractivity contribution in [1.29, 1.82) is 5.41 Å². The average Bonchev–Trinajstić information content (AvgIpc) is 2.81. The van der Waals surface area contributed by atoms with E-state index in [1.807, 2.05) is 30.3 Å². The Morgan fingerprint density at radius 3 is 2.71 bits per heavy atom. The second-order valence-electron chi connectivity index (χ2n) is 4.39. The van der Waals surface area contributed by atoms with Gasteiger partial charge >= 0.3 is 0 Å². The summed E-state index contributed by atoms with van der Waals surface area (Å²) in [5, 5.41) is 13.4. The maximum Gasteiger partial charge on any atom is 0.158 e. The Bertz CT molecular complexity index is 797. The number of amidine groups is 1. The van der Waals surface area contributed by atoms with Gasteiger partial charge in [-0.3, -0.25) is 5.41 Å². The number of hydrogen-bond donors (Lipinski definition) is 2. The van der Waals surface area contributed by atoms with Crippen LogP contribution in [0.3, 0.4) is 0 Å². The van der Waals surface area contributed by atoms with Crippen molar-refractivity contribution in [1.82, 2.24) is 14.8 Å². The molecule has 1 aromatic carbocycles. The van der Waals surface area contributed by atoms with Gasteiger partial charge in [0.1, 0.15) is 11.5 Å². The van der Waals surface area contributed by atoms with Gasteiger partial charge < -0.3 is 5.73 Å². The third-order valence-corrected chi connectivity index (χ3v) is 3.41. The van der Waals surface area contributed by atoms with Gasteiger partial charge in [-0.05, 0) is 23.8 Å². The van der Waals surface area contributed by atoms with Gasteiger partial charge in [0.2, 0.25) is 0 Å². The lowest BCUT2D eigenvalue weighted by Gasteiger charge is -2.04. The van der Waals surface area contributed by atoms with Gasteiger partial charge in [-0.15, -0.1) is 12.4 Å². The zero-order valence-corrected chi connectivity index (χ0v) is 12.5. The Kier molecular flexibility index (Phi) is 4.45. The van der Waals surface area contributed by atoms with Gasteiger partial charge in [-0.2, -0.15) is 5.10 Å². The van der Waals surface area contributed by atoms with Crippen LogP contribution in [-0.2, 0) is 6.54 Å². The molecule has 3 N–H and O–H groups in total. The predicted octanol–water partition coefficient (Wildman–Crippen LogP) is 2.84. The number of hydrogen-bond acceptors (Lipinski definition) is 3. The molecule has 7 heteroatoms. The number of fused-ring (bicyclic) bond motifs is 1. The molecule has 5 nitrogen and oxygen atoms in total. The molecule has 0 unspecified atom stereocenters. The molecule has 0 amide bonds. The van der Waals surface area contributed by atoms with E-state index in [1.54, 1.807) is 16.9 Å². The average molecular weight is 322 g/mol. The summed E-state index contributed by atoms with van der Waals surface area (Å²) in [4.78, 5) is 4.32. The van der Waals surface area contributed by atoms with Crippen LogP contribution in [0.15, 0.2) is 42.6 Å². The Morgan fingerprint density at radius 1 is 1.24 bits per heavy atom. The van der Waals surface area contributed by atoms with Crippen LogP contribution in [0, 0.1) is 5.41 Å². The molecule has 0 aliphatic carbocycles. The summed E-state index contributed by atoms with van der Waals surface area (Å²) in [5.41, 5.74) is 7.65. The molecular weight excluding hydrogens is 309 g/mol. The highest BCUT2D eigenvalue weighted by molar-refractivity contribution is 6.31. The molecule has 3 aromatic rings. The number of rotatable bonds is 3. The Balaban J connectivity index is 0.00000161. The molecule has 0 saturated heterocycles. The van der Waals surface area contributed by atoms with Crippen molar-refractivity contribution in [3.63, 3.8) is 0 Å². The number of nitrogens with one attached hydrogen (secondary N) is 1. The quantitative estimate of drug-likeness (QED) is 0.575. The van der Waals surface area contributed by atoms with Crippen molar-refractivity contribution >= 4 is 40.9 Å². The molecule has 0 aliphatic rings. The van der Waals surface area contributed by atoms with E-state index in [9.17, 15) is 0 Å². The molecule has 2 aromatic heterocycles. The van der Waals surface area contributed by atoms with E-state index >= 15 is 0 Å². The summed E-state index contributed by atoms with van der Waals surface area (Å²) >= 11 is 6.17. The van der Waals surface area contributed by atoms with Crippen molar-refractivity contribution in [3.05, 3.63) is 58.9 Å². The minimum absolute atomic E-state index is 0. The van der Waals surface area contributed by atoms with Crippen molar-refractivity contribution in [2.24, 2.45) is 5.73 Å². The highest BCUT2D eigenvalue weighted by Crippen LogP contribution is 2.20. The van der Waals surface area contributed by atoms with Crippen LogP contribution >= 0.6 is 24.0 Å². The number of nitrogens with zero attached hydrogens (tertiary/aromatic N) is 3. The van der Waals surface area contributed by atoms with Gasteiger partial charge in [-0.25, -0.2) is 9.67 Å². The molecule has 0 bridgehead atoms. The van der Waals surface area contributed by atoms with Crippen molar-refractivity contribution in [2.75, 3.05) is 0 Å². The third kappa shape index (κ3) is 2.84. The maximum atomic E-state index is 7.60. The lowest BCUT2D eigenvalue weighted by molar-refractivity contribution is 0.701. The van der Waals surface area contributed by atoms with Gasteiger partial charge in [0.15, 0.2) is 5.65 Å². The van der Waals surface area contributed by atoms with Gasteiger partial charge in [0.05, 0.1) is 11.9 Å². The van der Waals surface area contributed by atoms with E-state index in [-0.39, 0.29) is 18.2 Å². The fraction of sp³-hybridized carbons (Fsp3) is 0.0714. The second-order valence-corrected chi connectivity index (χ2v) is 4.79. The summed E-state index contributed by atoms with van der Waals surface area (Å²) in [6, 6.07) is 11.2. The second kappa shape index (κ2) is 6.11. The van der Waals surface area contributed by atoms with Crippen LogP contribution in [-0.4, -0.2) is 20.6 Å². The lowest BCUT2D eigenvalue weighted by atomic mass is 10.2. The summed E-state index contributed by atoms with van der Waals surface area (Å²) in [5.74, 6) is -0.0686. The standard InChI is InChI=1S/C14H12ClN5.ClH/c15-11-6-2-1-4-9(11)8-20-14-10(5-3-7-18-14)12(19-20)13(16)17;/h1-7H,8H2,(H3,16,17);1H. The molecule has 0 fully saturated rings. The topological polar surface area (TPSA) is 80.6 Å². The first-order valence-electron chi connectivity index (χ1n) is 6.06. The number of benzene rings is 1. The fourth-order valence-electron chi connectivity index (χ4n) is 2.11. The molecule has 2 heterocycles. The van der Waals surface area contributed by atoms with E-state index < -0.39 is 0 Å². The zero-order valence-electron chi connectivity index (χ0n) is 11.0. The van der Waals surface area contributed by atoms with E-state index in [0.717, 1.165) is 10.9 Å². The minimum atomic E-state index is -0.0686. The first kappa shape index (κ1) is 15.3. The summed E-state index contributed by atoms with van der Waals surface area (Å²) in [6.45, 7) is 0.487. The fourth-order valence-corrected chi connectivity index (χ4v) is 2.30. The number of nitrogen functional groups attached to an aromatic ring is 1. The predicted molar refractivity (Wildman–Crippen MR) is 86.3 cm³/mol. The van der Waals surface area contributed by atoms with E-state index in [1.165, 1.54) is 0 Å². The Morgan fingerprint density at radius 2 is 2.00 bits per heavy atom. The first-order valence-corrected chi connectivity index (χ1v) is 6.44. The van der Waals surface area contributed by atoms with E-state index in [2.05, 4.69) is 10.1 Å². The number of pyridine rings is 1. The van der Waals surface area contributed by atoms with Gasteiger partial charge in [0.25, 0.3) is 0 Å². The maximum absolute atomic E-state index is 7.60. The Labute approximate surface area is 132 Å². The molecule has 0 radical (unpaired) electrons. The van der Waals surface area contributed by atoms with Crippen LogP contribution in [0.4, 0.5) is 0 Å². The van der Waals surface area contributed by atoms with Crippen LogP contribution in [0.2, 0.25) is 5.02 Å². The number of nitrogens with two attached hydrogens (primary N) is 1. The number of halogens is 2. The SMILES string of the molecule is Cl.N=C(N)c1nn(Cc2ccccc2Cl)c2ncccc12. The van der Waals surface area contributed by atoms with E-state index in [0.29, 0.717) is 22.9 Å². The minimum Gasteiger partial charge on any atom is -0.382 e. The van der Waals surface area contributed by atoms with Crippen LogP contribution in [0.1, 0.15) is 11.3 Å². The highest BCUT2D eigenvalue weighted by Gasteiger charge is 2.14. The largest absolute Gasteiger partial charge is 0.382 e. The molecule has 3 rings (SSSR count). The monoisotopic (exact) mass is 321 g/mol. The van der Waals surface area contributed by atoms with Crippen LogP contribution < -0.4 is 5.73 Å². The summed E-state index contributed by atoms with van der Waals surface area (Å²) < 4.78 is 1.72. The molecular formula is C14H13Cl2N5. The normalized spacial score (nSPS) is 10.3. The summed E-state index contributed by atoms with van der Waals surface area (Å²) in [6.07, 6.45) is 1.69. The number of aromatic nitrogens is 3. The zero-order chi connectivity index (χ0) is 14.1. The lowest BCUT2D eigenvalue weighted by Crippen LogP contribution is -2.13. The molecule has 21 heavy (non-hydrogen) atoms. The van der Waals surface area contributed by atoms with Gasteiger partial charge in [0, 0.05) is 11.2 Å². The van der Waals surface area contributed by atoms with Crippen molar-refractivity contribution < 1.29 is 0 Å². The van der Waals surface area contributed by atoms with Crippen molar-refractivity contribution in [3.8, 4) is 0 Å². The highest BCUT2D eigenvalue weighted by atomic mass is 35.5. The van der Waals surface area contributed by atoms with Crippen molar-refractivity contribution in [2.45, 2.75) is 6.54 Å². The third-order valence-electron chi connectivity index (χ3n) is 3.04. The molecule has 0 aliphatic heterocycles. The molecule has 108 valence electrons. The van der Waals surface area contributed by atoms with Gasteiger partial charge in [-0.1, -0.05) is 29.8 Å². The molecule has 0 spiro atoms. The summed E-state index contributed by atoms with van der Waals surface area (Å²) in [7, 11) is 0.